The van der Waals surface area contributed by atoms with E-state index in [-0.39, 0.29) is 11.7 Å². The molecule has 0 bridgehead atoms. The van der Waals surface area contributed by atoms with Crippen LogP contribution in [0, 0.1) is 6.92 Å². The summed E-state index contributed by atoms with van der Waals surface area (Å²) in [4.78, 5) is 4.10. The number of rotatable bonds is 5. The molecule has 1 aromatic carbocycles. The van der Waals surface area contributed by atoms with E-state index in [1.807, 2.05) is 25.1 Å². The summed E-state index contributed by atoms with van der Waals surface area (Å²) < 4.78 is 28.8. The molecule has 0 aliphatic heterocycles. The molecule has 23 heavy (non-hydrogen) atoms. The van der Waals surface area contributed by atoms with Gasteiger partial charge in [0.1, 0.15) is 6.33 Å². The quantitative estimate of drug-likeness (QED) is 0.912. The fraction of sp³-hybridized carbons (Fsp3) is 0.500. The van der Waals surface area contributed by atoms with E-state index >= 15 is 0 Å². The summed E-state index contributed by atoms with van der Waals surface area (Å²) in [5.41, 5.74) is 1.79. The number of anilines is 1. The molecule has 7 heteroatoms. The molecule has 1 fully saturated rings. The van der Waals surface area contributed by atoms with Crippen LogP contribution in [0.2, 0.25) is 0 Å². The Labute approximate surface area is 137 Å². The molecule has 3 rings (SSSR count). The summed E-state index contributed by atoms with van der Waals surface area (Å²) in [6, 6.07) is 7.81. The lowest BCUT2D eigenvalue weighted by atomic mass is 9.96. The molecule has 6 nitrogen and oxygen atoms in total. The molecule has 0 radical (unpaired) electrons. The molecule has 124 valence electrons. The molecule has 2 aromatic rings. The zero-order valence-electron chi connectivity index (χ0n) is 13.3. The highest BCUT2D eigenvalue weighted by Gasteiger charge is 2.19. The normalized spacial score (nSPS) is 16.4. The third-order valence-corrected chi connectivity index (χ3v) is 5.35. The van der Waals surface area contributed by atoms with Gasteiger partial charge in [0.2, 0.25) is 10.0 Å². The van der Waals surface area contributed by atoms with Crippen molar-refractivity contribution in [1.82, 2.24) is 14.8 Å². The van der Waals surface area contributed by atoms with Gasteiger partial charge in [0.05, 0.1) is 11.8 Å². The lowest BCUT2D eigenvalue weighted by molar-refractivity contribution is 0.329. The van der Waals surface area contributed by atoms with Crippen molar-refractivity contribution in [3.8, 4) is 0 Å². The van der Waals surface area contributed by atoms with Gasteiger partial charge in [-0.1, -0.05) is 49.1 Å². The second kappa shape index (κ2) is 6.70. The molecule has 1 aliphatic rings. The molecule has 1 aliphatic carbocycles. The SMILES string of the molecule is Cc1cccc(CS(=O)(=O)Nc2ncn(C3CCCCC3)n2)c1. The maximum absolute atomic E-state index is 12.3. The summed E-state index contributed by atoms with van der Waals surface area (Å²) in [7, 11) is -3.51. The fourth-order valence-corrected chi connectivity index (χ4v) is 4.10. The van der Waals surface area contributed by atoms with E-state index in [4.69, 9.17) is 0 Å². The smallest absolute Gasteiger partial charge is 0.250 e. The Morgan fingerprint density at radius 3 is 2.78 bits per heavy atom. The maximum atomic E-state index is 12.3. The maximum Gasteiger partial charge on any atom is 0.255 e. The highest BCUT2D eigenvalue weighted by Crippen LogP contribution is 2.27. The van der Waals surface area contributed by atoms with Crippen molar-refractivity contribution in [2.75, 3.05) is 4.72 Å². The van der Waals surface area contributed by atoms with Crippen LogP contribution in [0.15, 0.2) is 30.6 Å². The van der Waals surface area contributed by atoms with E-state index in [1.54, 1.807) is 17.1 Å². The van der Waals surface area contributed by atoms with Crippen LogP contribution in [0.5, 0.6) is 0 Å². The molecule has 0 spiro atoms. The summed E-state index contributed by atoms with van der Waals surface area (Å²) in [5, 5.41) is 4.29. The molecule has 1 saturated carbocycles. The van der Waals surface area contributed by atoms with Gasteiger partial charge in [0.15, 0.2) is 0 Å². The van der Waals surface area contributed by atoms with E-state index in [1.165, 1.54) is 19.3 Å². The predicted octanol–water partition coefficient (Wildman–Crippen LogP) is 3.03. The Bertz CT molecular complexity index is 764. The summed E-state index contributed by atoms with van der Waals surface area (Å²) in [6.45, 7) is 1.94. The van der Waals surface area contributed by atoms with E-state index in [0.717, 1.165) is 24.0 Å². The van der Waals surface area contributed by atoms with Crippen LogP contribution in [0.3, 0.4) is 0 Å². The van der Waals surface area contributed by atoms with Gasteiger partial charge < -0.3 is 0 Å². The molecule has 1 aromatic heterocycles. The monoisotopic (exact) mass is 334 g/mol. The topological polar surface area (TPSA) is 76.9 Å². The molecule has 0 saturated heterocycles. The number of aromatic nitrogens is 3. The molecular formula is C16H22N4O2S. The van der Waals surface area contributed by atoms with E-state index in [9.17, 15) is 8.42 Å². The van der Waals surface area contributed by atoms with Crippen LogP contribution in [0.25, 0.3) is 0 Å². The van der Waals surface area contributed by atoms with Crippen molar-refractivity contribution in [2.24, 2.45) is 0 Å². The highest BCUT2D eigenvalue weighted by atomic mass is 32.2. The number of hydrogen-bond acceptors (Lipinski definition) is 4. The van der Waals surface area contributed by atoms with Gasteiger partial charge in [-0.2, -0.15) is 4.98 Å². The summed E-state index contributed by atoms with van der Waals surface area (Å²) >= 11 is 0. The molecule has 1 heterocycles. The minimum Gasteiger partial charge on any atom is -0.250 e. The molecule has 0 unspecified atom stereocenters. The number of benzene rings is 1. The van der Waals surface area contributed by atoms with E-state index < -0.39 is 10.0 Å². The fourth-order valence-electron chi connectivity index (χ4n) is 3.04. The second-order valence-electron chi connectivity index (χ2n) is 6.19. The van der Waals surface area contributed by atoms with Crippen LogP contribution in [-0.2, 0) is 15.8 Å². The highest BCUT2D eigenvalue weighted by molar-refractivity contribution is 7.91. The summed E-state index contributed by atoms with van der Waals surface area (Å²) in [5.74, 6) is 0.0790. The van der Waals surface area contributed by atoms with Crippen molar-refractivity contribution in [1.29, 1.82) is 0 Å². The Hall–Kier alpha value is -1.89. The molecular weight excluding hydrogens is 312 g/mol. The van der Waals surface area contributed by atoms with Gasteiger partial charge in [0, 0.05) is 0 Å². The van der Waals surface area contributed by atoms with Crippen molar-refractivity contribution in [3.63, 3.8) is 0 Å². The van der Waals surface area contributed by atoms with Gasteiger partial charge in [-0.3, -0.25) is 0 Å². The largest absolute Gasteiger partial charge is 0.255 e. The third kappa shape index (κ3) is 4.31. The van der Waals surface area contributed by atoms with E-state index in [0.29, 0.717) is 6.04 Å². The van der Waals surface area contributed by atoms with Gasteiger partial charge >= 0.3 is 0 Å². The van der Waals surface area contributed by atoms with Gasteiger partial charge in [-0.15, -0.1) is 5.10 Å². The molecule has 1 N–H and O–H groups in total. The Morgan fingerprint density at radius 1 is 1.26 bits per heavy atom. The predicted molar refractivity (Wildman–Crippen MR) is 89.6 cm³/mol. The zero-order valence-corrected chi connectivity index (χ0v) is 14.1. The first-order chi connectivity index (χ1) is 11.0. The van der Waals surface area contributed by atoms with Crippen LogP contribution in [-0.4, -0.2) is 23.2 Å². The average molecular weight is 334 g/mol. The average Bonchev–Trinajstić information content (AvgIpc) is 2.95. The molecule has 0 atom stereocenters. The Balaban J connectivity index is 1.67. The zero-order chi connectivity index (χ0) is 16.3. The van der Waals surface area contributed by atoms with E-state index in [2.05, 4.69) is 14.8 Å². The van der Waals surface area contributed by atoms with Gasteiger partial charge in [-0.05, 0) is 25.3 Å². The molecule has 0 amide bonds. The van der Waals surface area contributed by atoms with Crippen LogP contribution in [0.4, 0.5) is 5.95 Å². The lowest BCUT2D eigenvalue weighted by Crippen LogP contribution is -2.17. The number of nitrogens with zero attached hydrogens (tertiary/aromatic N) is 3. The first kappa shape index (κ1) is 16.0. The number of aryl methyl sites for hydroxylation is 1. The Kier molecular flexibility index (Phi) is 4.66. The first-order valence-electron chi connectivity index (χ1n) is 7.99. The first-order valence-corrected chi connectivity index (χ1v) is 9.64. The minimum atomic E-state index is -3.51. The van der Waals surface area contributed by atoms with Crippen molar-refractivity contribution < 1.29 is 8.42 Å². The standard InChI is InChI=1S/C16H22N4O2S/c1-13-6-5-7-14(10-13)11-23(21,22)19-16-17-12-20(18-16)15-8-3-2-4-9-15/h5-7,10,12,15H,2-4,8-9,11H2,1H3,(H,18,19). The lowest BCUT2D eigenvalue weighted by Gasteiger charge is -2.21. The minimum absolute atomic E-state index is 0.0767. The van der Waals surface area contributed by atoms with Crippen LogP contribution >= 0.6 is 0 Å². The van der Waals surface area contributed by atoms with Crippen LogP contribution < -0.4 is 4.72 Å². The van der Waals surface area contributed by atoms with Gasteiger partial charge in [-0.25, -0.2) is 17.8 Å². The third-order valence-electron chi connectivity index (χ3n) is 4.14. The van der Waals surface area contributed by atoms with Crippen molar-refractivity contribution in [3.05, 3.63) is 41.7 Å². The second-order valence-corrected chi connectivity index (χ2v) is 7.91. The van der Waals surface area contributed by atoms with Crippen molar-refractivity contribution in [2.45, 2.75) is 50.8 Å². The Morgan fingerprint density at radius 2 is 2.04 bits per heavy atom. The number of hydrogen-bond donors (Lipinski definition) is 1. The number of nitrogens with one attached hydrogen (secondary N) is 1. The van der Waals surface area contributed by atoms with Gasteiger partial charge in [0.25, 0.3) is 5.95 Å². The van der Waals surface area contributed by atoms with Crippen molar-refractivity contribution >= 4 is 16.0 Å². The van der Waals surface area contributed by atoms with Crippen LogP contribution in [0.1, 0.15) is 49.3 Å². The summed E-state index contributed by atoms with van der Waals surface area (Å²) in [6.07, 6.45) is 7.44. The number of sulfonamides is 1.